The summed E-state index contributed by atoms with van der Waals surface area (Å²) >= 11 is 0. The number of para-hydroxylation sites is 1. The van der Waals surface area contributed by atoms with E-state index in [0.29, 0.717) is 23.7 Å². The number of nitrogens with one attached hydrogen (secondary N) is 1. The molecule has 0 atom stereocenters. The lowest BCUT2D eigenvalue weighted by Crippen LogP contribution is -2.04. The van der Waals surface area contributed by atoms with E-state index in [0.717, 1.165) is 11.3 Å². The molecular weight excluding hydrogens is 247 g/mol. The zero-order chi connectivity index (χ0) is 13.2. The Kier molecular flexibility index (Phi) is 2.87. The number of hydrogen-bond donors (Lipinski definition) is 2. The second kappa shape index (κ2) is 4.68. The van der Waals surface area contributed by atoms with E-state index < -0.39 is 0 Å². The summed E-state index contributed by atoms with van der Waals surface area (Å²) in [5, 5.41) is 2.99. The Balaban J connectivity index is 1.76. The predicted octanol–water partition coefficient (Wildman–Crippen LogP) is 2.75. The molecule has 2 aromatic rings. The smallest absolute Gasteiger partial charge is 0.231 e. The Hall–Kier alpha value is -2.43. The summed E-state index contributed by atoms with van der Waals surface area (Å²) < 4.78 is 24.1. The van der Waals surface area contributed by atoms with Gasteiger partial charge in [0.05, 0.1) is 11.4 Å². The average molecular weight is 260 g/mol. The van der Waals surface area contributed by atoms with Gasteiger partial charge in [-0.3, -0.25) is 0 Å². The molecular formula is C14H13FN2O2. The molecule has 19 heavy (non-hydrogen) atoms. The van der Waals surface area contributed by atoms with Gasteiger partial charge in [-0.25, -0.2) is 4.39 Å². The summed E-state index contributed by atoms with van der Waals surface area (Å²) in [7, 11) is 0. The minimum Gasteiger partial charge on any atom is -0.454 e. The van der Waals surface area contributed by atoms with Crippen LogP contribution >= 0.6 is 0 Å². The molecule has 0 unspecified atom stereocenters. The molecule has 0 saturated carbocycles. The van der Waals surface area contributed by atoms with Crippen LogP contribution in [0.4, 0.5) is 15.8 Å². The lowest BCUT2D eigenvalue weighted by atomic mass is 10.2. The lowest BCUT2D eigenvalue weighted by molar-refractivity contribution is 0.174. The van der Waals surface area contributed by atoms with E-state index >= 15 is 0 Å². The molecule has 0 radical (unpaired) electrons. The van der Waals surface area contributed by atoms with Crippen LogP contribution in [-0.2, 0) is 6.54 Å². The van der Waals surface area contributed by atoms with Crippen LogP contribution in [0.1, 0.15) is 5.56 Å². The molecule has 98 valence electrons. The van der Waals surface area contributed by atoms with E-state index in [1.807, 2.05) is 18.2 Å². The molecule has 0 aliphatic carbocycles. The maximum absolute atomic E-state index is 13.6. The maximum atomic E-state index is 13.6. The van der Waals surface area contributed by atoms with Crippen LogP contribution in [-0.4, -0.2) is 6.79 Å². The first-order valence-corrected chi connectivity index (χ1v) is 5.90. The third-order valence-electron chi connectivity index (χ3n) is 2.95. The van der Waals surface area contributed by atoms with E-state index in [9.17, 15) is 4.39 Å². The van der Waals surface area contributed by atoms with E-state index in [2.05, 4.69) is 5.32 Å². The fraction of sp³-hybridized carbons (Fsp3) is 0.143. The number of benzene rings is 2. The van der Waals surface area contributed by atoms with Crippen LogP contribution in [0.5, 0.6) is 11.5 Å². The largest absolute Gasteiger partial charge is 0.454 e. The Labute approximate surface area is 109 Å². The summed E-state index contributed by atoms with van der Waals surface area (Å²) in [6.07, 6.45) is 0. The number of ether oxygens (including phenoxy) is 2. The quantitative estimate of drug-likeness (QED) is 0.833. The van der Waals surface area contributed by atoms with Crippen molar-refractivity contribution in [2.75, 3.05) is 17.8 Å². The minimum absolute atomic E-state index is 0.243. The minimum atomic E-state index is -0.360. The summed E-state index contributed by atoms with van der Waals surface area (Å²) in [6, 6.07) is 10.2. The van der Waals surface area contributed by atoms with Crippen molar-refractivity contribution in [1.82, 2.24) is 0 Å². The molecule has 0 aromatic heterocycles. The van der Waals surface area contributed by atoms with Crippen molar-refractivity contribution in [3.05, 3.63) is 47.8 Å². The normalized spacial score (nSPS) is 12.5. The molecule has 0 fully saturated rings. The molecule has 0 spiro atoms. The summed E-state index contributed by atoms with van der Waals surface area (Å²) in [5.74, 6) is 1.08. The fourth-order valence-corrected chi connectivity index (χ4v) is 1.97. The molecule has 1 heterocycles. The van der Waals surface area contributed by atoms with Gasteiger partial charge in [0.1, 0.15) is 5.82 Å². The highest BCUT2D eigenvalue weighted by Crippen LogP contribution is 2.33. The molecule has 3 rings (SSSR count). The SMILES string of the molecule is Nc1cccc(F)c1NCc1ccc2c(c1)OCO2. The molecule has 1 aliphatic rings. The third-order valence-corrected chi connectivity index (χ3v) is 2.95. The summed E-state index contributed by atoms with van der Waals surface area (Å²) in [6.45, 7) is 0.703. The monoisotopic (exact) mass is 260 g/mol. The summed E-state index contributed by atoms with van der Waals surface area (Å²) in [4.78, 5) is 0. The van der Waals surface area contributed by atoms with Crippen LogP contribution in [0.3, 0.4) is 0 Å². The average Bonchev–Trinajstić information content (AvgIpc) is 2.85. The molecule has 5 heteroatoms. The van der Waals surface area contributed by atoms with Crippen LogP contribution < -0.4 is 20.5 Å². The Morgan fingerprint density at radius 3 is 2.84 bits per heavy atom. The molecule has 4 nitrogen and oxygen atoms in total. The van der Waals surface area contributed by atoms with E-state index in [1.54, 1.807) is 12.1 Å². The molecule has 0 bridgehead atoms. The number of hydrogen-bond acceptors (Lipinski definition) is 4. The maximum Gasteiger partial charge on any atom is 0.231 e. The van der Waals surface area contributed by atoms with Gasteiger partial charge in [-0.1, -0.05) is 12.1 Å². The molecule has 2 aromatic carbocycles. The number of anilines is 2. The molecule has 3 N–H and O–H groups in total. The van der Waals surface area contributed by atoms with Crippen LogP contribution in [0.25, 0.3) is 0 Å². The highest BCUT2D eigenvalue weighted by atomic mass is 19.1. The van der Waals surface area contributed by atoms with Gasteiger partial charge in [-0.05, 0) is 29.8 Å². The zero-order valence-electron chi connectivity index (χ0n) is 10.2. The topological polar surface area (TPSA) is 56.5 Å². The van der Waals surface area contributed by atoms with E-state index in [-0.39, 0.29) is 12.6 Å². The highest BCUT2D eigenvalue weighted by molar-refractivity contribution is 5.66. The second-order valence-electron chi connectivity index (χ2n) is 4.25. The number of nitrogens with two attached hydrogens (primary N) is 1. The van der Waals surface area contributed by atoms with Crippen LogP contribution in [0.15, 0.2) is 36.4 Å². The molecule has 1 aliphatic heterocycles. The van der Waals surface area contributed by atoms with Gasteiger partial charge in [0, 0.05) is 6.54 Å². The van der Waals surface area contributed by atoms with Gasteiger partial charge in [0.25, 0.3) is 0 Å². The first-order valence-electron chi connectivity index (χ1n) is 5.90. The van der Waals surface area contributed by atoms with Crippen molar-refractivity contribution < 1.29 is 13.9 Å². The molecule has 0 saturated heterocycles. The van der Waals surface area contributed by atoms with Gasteiger partial charge in [-0.2, -0.15) is 0 Å². The van der Waals surface area contributed by atoms with Crippen molar-refractivity contribution in [3.63, 3.8) is 0 Å². The van der Waals surface area contributed by atoms with Crippen LogP contribution in [0.2, 0.25) is 0 Å². The van der Waals surface area contributed by atoms with Crippen molar-refractivity contribution in [1.29, 1.82) is 0 Å². The second-order valence-corrected chi connectivity index (χ2v) is 4.25. The van der Waals surface area contributed by atoms with Crippen molar-refractivity contribution >= 4 is 11.4 Å². The Bertz CT molecular complexity index is 596. The number of fused-ring (bicyclic) bond motifs is 1. The van der Waals surface area contributed by atoms with Crippen molar-refractivity contribution in [3.8, 4) is 11.5 Å². The first-order chi connectivity index (χ1) is 9.24. The van der Waals surface area contributed by atoms with E-state index in [1.165, 1.54) is 6.07 Å². The van der Waals surface area contributed by atoms with Gasteiger partial charge in [-0.15, -0.1) is 0 Å². The van der Waals surface area contributed by atoms with Gasteiger partial charge in [0.2, 0.25) is 6.79 Å². The van der Waals surface area contributed by atoms with E-state index in [4.69, 9.17) is 15.2 Å². The fourth-order valence-electron chi connectivity index (χ4n) is 1.97. The lowest BCUT2D eigenvalue weighted by Gasteiger charge is -2.10. The number of rotatable bonds is 3. The summed E-state index contributed by atoms with van der Waals surface area (Å²) in [5.41, 5.74) is 7.40. The van der Waals surface area contributed by atoms with Gasteiger partial charge >= 0.3 is 0 Å². The Morgan fingerprint density at radius 1 is 1.16 bits per heavy atom. The zero-order valence-corrected chi connectivity index (χ0v) is 10.2. The molecule has 0 amide bonds. The number of halogens is 1. The van der Waals surface area contributed by atoms with Crippen molar-refractivity contribution in [2.24, 2.45) is 0 Å². The highest BCUT2D eigenvalue weighted by Gasteiger charge is 2.13. The standard InChI is InChI=1S/C14H13FN2O2/c15-10-2-1-3-11(16)14(10)17-7-9-4-5-12-13(6-9)19-8-18-12/h1-6,17H,7-8,16H2. The van der Waals surface area contributed by atoms with Crippen molar-refractivity contribution in [2.45, 2.75) is 6.54 Å². The van der Waals surface area contributed by atoms with Gasteiger partial charge < -0.3 is 20.5 Å². The number of nitrogen functional groups attached to an aromatic ring is 1. The first kappa shape index (κ1) is 11.6. The van der Waals surface area contributed by atoms with Crippen LogP contribution in [0, 0.1) is 5.82 Å². The third kappa shape index (κ3) is 2.27. The van der Waals surface area contributed by atoms with Gasteiger partial charge in [0.15, 0.2) is 11.5 Å². The predicted molar refractivity (Wildman–Crippen MR) is 70.7 cm³/mol. The Morgan fingerprint density at radius 2 is 2.00 bits per heavy atom.